The van der Waals surface area contributed by atoms with E-state index in [0.717, 1.165) is 43.3 Å². The summed E-state index contributed by atoms with van der Waals surface area (Å²) in [6.45, 7) is 5.49. The fourth-order valence-corrected chi connectivity index (χ4v) is 4.22. The van der Waals surface area contributed by atoms with E-state index in [-0.39, 0.29) is 24.4 Å². The van der Waals surface area contributed by atoms with Crippen LogP contribution in [0, 0.1) is 0 Å². The summed E-state index contributed by atoms with van der Waals surface area (Å²) >= 11 is 0. The largest absolute Gasteiger partial charge is 0.483 e. The summed E-state index contributed by atoms with van der Waals surface area (Å²) < 4.78 is 5.91. The summed E-state index contributed by atoms with van der Waals surface area (Å²) in [4.78, 5) is 16.6. The molecule has 7 nitrogen and oxygen atoms in total. The molecule has 134 valence electrons. The Labute approximate surface area is 152 Å². The Bertz CT molecular complexity index is 747. The highest BCUT2D eigenvalue weighted by Crippen LogP contribution is 2.43. The SMILES string of the molecule is C[C@@H]1C(=O)NN=C2COc3cc4c(cc3N21)N([C@@H]1CCNC1)CC4.Cl. The molecule has 1 fully saturated rings. The second kappa shape index (κ2) is 6.07. The Hall–Kier alpha value is -1.99. The molecule has 1 aromatic rings. The van der Waals surface area contributed by atoms with Gasteiger partial charge in [0.1, 0.15) is 18.4 Å². The first-order chi connectivity index (χ1) is 11.7. The normalized spacial score (nSPS) is 26.8. The molecule has 0 aliphatic carbocycles. The Morgan fingerprint density at radius 1 is 1.32 bits per heavy atom. The number of rotatable bonds is 1. The van der Waals surface area contributed by atoms with Crippen molar-refractivity contribution in [3.63, 3.8) is 0 Å². The monoisotopic (exact) mass is 363 g/mol. The van der Waals surface area contributed by atoms with Gasteiger partial charge in [-0.2, -0.15) is 5.10 Å². The Balaban J connectivity index is 0.00000157. The smallest absolute Gasteiger partial charge is 0.262 e. The fourth-order valence-electron chi connectivity index (χ4n) is 4.22. The highest BCUT2D eigenvalue weighted by Gasteiger charge is 2.37. The third-order valence-corrected chi connectivity index (χ3v) is 5.52. The number of carbonyl (C=O) groups is 1. The second-order valence-electron chi connectivity index (χ2n) is 6.88. The second-order valence-corrected chi connectivity index (χ2v) is 6.88. The quantitative estimate of drug-likeness (QED) is 0.774. The lowest BCUT2D eigenvalue weighted by molar-refractivity contribution is -0.122. The van der Waals surface area contributed by atoms with E-state index in [1.807, 2.05) is 11.8 Å². The highest BCUT2D eigenvalue weighted by molar-refractivity contribution is 6.09. The molecule has 4 aliphatic heterocycles. The number of anilines is 2. The first-order valence-electron chi connectivity index (χ1n) is 8.65. The molecule has 5 rings (SSSR count). The van der Waals surface area contributed by atoms with Gasteiger partial charge in [0, 0.05) is 24.8 Å². The molecule has 0 radical (unpaired) electrons. The van der Waals surface area contributed by atoms with Gasteiger partial charge in [0.15, 0.2) is 5.84 Å². The van der Waals surface area contributed by atoms with Crippen LogP contribution in [-0.4, -0.2) is 50.1 Å². The molecule has 0 unspecified atom stereocenters. The van der Waals surface area contributed by atoms with Crippen LogP contribution >= 0.6 is 12.4 Å². The maximum Gasteiger partial charge on any atom is 0.262 e. The number of benzene rings is 1. The average molecular weight is 364 g/mol. The molecule has 8 heteroatoms. The minimum atomic E-state index is -0.277. The minimum absolute atomic E-state index is 0. The predicted molar refractivity (Wildman–Crippen MR) is 99.0 cm³/mol. The molecule has 0 spiro atoms. The zero-order valence-corrected chi connectivity index (χ0v) is 14.9. The average Bonchev–Trinajstić information content (AvgIpc) is 3.24. The van der Waals surface area contributed by atoms with Crippen molar-refractivity contribution >= 4 is 35.5 Å². The van der Waals surface area contributed by atoms with E-state index < -0.39 is 0 Å². The van der Waals surface area contributed by atoms with Crippen molar-refractivity contribution in [2.24, 2.45) is 5.10 Å². The summed E-state index contributed by atoms with van der Waals surface area (Å²) in [5, 5.41) is 7.62. The van der Waals surface area contributed by atoms with Crippen molar-refractivity contribution < 1.29 is 9.53 Å². The maximum atomic E-state index is 12.0. The Kier molecular flexibility index (Phi) is 4.00. The molecule has 2 atom stereocenters. The van der Waals surface area contributed by atoms with Gasteiger partial charge in [-0.05, 0) is 44.0 Å². The lowest BCUT2D eigenvalue weighted by Gasteiger charge is -2.38. The van der Waals surface area contributed by atoms with Crippen LogP contribution in [0.25, 0.3) is 0 Å². The fraction of sp³-hybridized carbons (Fsp3) is 0.529. The summed E-state index contributed by atoms with van der Waals surface area (Å²) in [5.74, 6) is 1.55. The van der Waals surface area contributed by atoms with Gasteiger partial charge < -0.3 is 19.9 Å². The van der Waals surface area contributed by atoms with Gasteiger partial charge in [-0.3, -0.25) is 4.79 Å². The molecule has 0 bridgehead atoms. The van der Waals surface area contributed by atoms with Crippen molar-refractivity contribution in [2.45, 2.75) is 31.8 Å². The zero-order valence-electron chi connectivity index (χ0n) is 14.1. The number of carbonyl (C=O) groups excluding carboxylic acids is 1. The number of ether oxygens (including phenoxy) is 1. The van der Waals surface area contributed by atoms with Crippen LogP contribution in [0.15, 0.2) is 17.2 Å². The van der Waals surface area contributed by atoms with Crippen molar-refractivity contribution in [2.75, 3.05) is 36.0 Å². The van der Waals surface area contributed by atoms with Gasteiger partial charge in [0.2, 0.25) is 0 Å². The number of hydrogen-bond donors (Lipinski definition) is 2. The van der Waals surface area contributed by atoms with E-state index in [2.05, 4.69) is 32.9 Å². The van der Waals surface area contributed by atoms with E-state index >= 15 is 0 Å². The summed E-state index contributed by atoms with van der Waals surface area (Å²) in [7, 11) is 0. The van der Waals surface area contributed by atoms with Gasteiger partial charge in [-0.25, -0.2) is 5.43 Å². The van der Waals surface area contributed by atoms with Crippen LogP contribution in [0.1, 0.15) is 18.9 Å². The molecule has 1 saturated heterocycles. The van der Waals surface area contributed by atoms with Crippen molar-refractivity contribution in [1.29, 1.82) is 0 Å². The molecule has 1 aromatic carbocycles. The first kappa shape index (κ1) is 16.5. The summed E-state index contributed by atoms with van der Waals surface area (Å²) in [5.41, 5.74) is 6.16. The number of amidine groups is 1. The zero-order chi connectivity index (χ0) is 16.3. The molecule has 1 amide bonds. The summed E-state index contributed by atoms with van der Waals surface area (Å²) in [6, 6.07) is 4.63. The molecular formula is C17H22ClN5O2. The number of hydrogen-bond acceptors (Lipinski definition) is 6. The van der Waals surface area contributed by atoms with E-state index in [4.69, 9.17) is 4.74 Å². The minimum Gasteiger partial charge on any atom is -0.483 e. The number of nitrogens with zero attached hydrogens (tertiary/aromatic N) is 3. The van der Waals surface area contributed by atoms with Crippen LogP contribution in [0.3, 0.4) is 0 Å². The lowest BCUT2D eigenvalue weighted by Crippen LogP contribution is -2.55. The third-order valence-electron chi connectivity index (χ3n) is 5.52. The van der Waals surface area contributed by atoms with Gasteiger partial charge in [-0.15, -0.1) is 12.4 Å². The van der Waals surface area contributed by atoms with Crippen molar-refractivity contribution in [3.05, 3.63) is 17.7 Å². The van der Waals surface area contributed by atoms with Crippen LogP contribution in [-0.2, 0) is 11.2 Å². The number of fused-ring (bicyclic) bond motifs is 4. The number of nitrogens with one attached hydrogen (secondary N) is 2. The van der Waals surface area contributed by atoms with Crippen molar-refractivity contribution in [1.82, 2.24) is 10.7 Å². The highest BCUT2D eigenvalue weighted by atomic mass is 35.5. The third kappa shape index (κ3) is 2.45. The molecule has 4 heterocycles. The Morgan fingerprint density at radius 2 is 2.20 bits per heavy atom. The van der Waals surface area contributed by atoms with E-state index in [1.54, 1.807) is 0 Å². The van der Waals surface area contributed by atoms with Crippen LogP contribution in [0.4, 0.5) is 11.4 Å². The first-order valence-corrected chi connectivity index (χ1v) is 8.65. The maximum absolute atomic E-state index is 12.0. The molecular weight excluding hydrogens is 342 g/mol. The molecule has 0 saturated carbocycles. The lowest BCUT2D eigenvalue weighted by atomic mass is 10.1. The van der Waals surface area contributed by atoms with Gasteiger partial charge in [0.05, 0.1) is 5.69 Å². The number of hydrazone groups is 1. The molecule has 4 aliphatic rings. The standard InChI is InChI=1S/C17H21N5O2.ClH/c1-10-17(23)20-19-16-9-24-15-6-11-3-5-21(12-2-4-18-8-12)13(11)7-14(15)22(10)16;/h6-7,10,12,18H,2-5,8-9H2,1H3,(H,20,23);1H/t10-,12-;/m1./s1. The van der Waals surface area contributed by atoms with Crippen LogP contribution in [0.5, 0.6) is 5.75 Å². The van der Waals surface area contributed by atoms with Gasteiger partial charge >= 0.3 is 0 Å². The van der Waals surface area contributed by atoms with Gasteiger partial charge in [0.25, 0.3) is 5.91 Å². The van der Waals surface area contributed by atoms with Crippen LogP contribution < -0.4 is 25.3 Å². The van der Waals surface area contributed by atoms with Crippen molar-refractivity contribution in [3.8, 4) is 5.75 Å². The van der Waals surface area contributed by atoms with Gasteiger partial charge in [-0.1, -0.05) is 0 Å². The molecule has 2 N–H and O–H groups in total. The van der Waals surface area contributed by atoms with E-state index in [9.17, 15) is 4.79 Å². The summed E-state index contributed by atoms with van der Waals surface area (Å²) in [6.07, 6.45) is 2.24. The Morgan fingerprint density at radius 3 is 3.00 bits per heavy atom. The van der Waals surface area contributed by atoms with Crippen LogP contribution in [0.2, 0.25) is 0 Å². The predicted octanol–water partition coefficient (Wildman–Crippen LogP) is 0.863. The number of halogens is 1. The van der Waals surface area contributed by atoms with E-state index in [0.29, 0.717) is 12.6 Å². The number of amides is 1. The molecule has 0 aromatic heterocycles. The molecule has 25 heavy (non-hydrogen) atoms. The van der Waals surface area contributed by atoms with E-state index in [1.165, 1.54) is 17.7 Å². The topological polar surface area (TPSA) is 69.2 Å².